The van der Waals surface area contributed by atoms with Crippen molar-refractivity contribution in [2.75, 3.05) is 0 Å². The molecule has 2 aromatic rings. The predicted octanol–water partition coefficient (Wildman–Crippen LogP) is 3.16. The van der Waals surface area contributed by atoms with E-state index in [0.29, 0.717) is 17.7 Å². The fraction of sp³-hybridized carbons (Fsp3) is 0.250. The Morgan fingerprint density at radius 2 is 1.95 bits per heavy atom. The first-order valence-electron chi connectivity index (χ1n) is 6.52. The van der Waals surface area contributed by atoms with E-state index in [2.05, 4.69) is 4.98 Å². The number of carboxylic acids is 1. The molecule has 0 aliphatic rings. The first-order valence-corrected chi connectivity index (χ1v) is 6.52. The second kappa shape index (κ2) is 6.19. The summed E-state index contributed by atoms with van der Waals surface area (Å²) >= 11 is 0. The lowest BCUT2D eigenvalue weighted by Gasteiger charge is -2.17. The highest BCUT2D eigenvalue weighted by Crippen LogP contribution is 2.25. The van der Waals surface area contributed by atoms with Gasteiger partial charge in [0.1, 0.15) is 5.75 Å². The van der Waals surface area contributed by atoms with Gasteiger partial charge in [0.25, 0.3) is 0 Å². The maximum Gasteiger partial charge on any atom is 0.349 e. The molecule has 1 aromatic heterocycles. The van der Waals surface area contributed by atoms with E-state index in [1.807, 2.05) is 26.0 Å². The molecule has 1 atom stereocenters. The number of carbonyl (C=O) groups is 1. The molecule has 1 heterocycles. The van der Waals surface area contributed by atoms with Gasteiger partial charge in [-0.15, -0.1) is 0 Å². The van der Waals surface area contributed by atoms with E-state index in [0.717, 1.165) is 11.4 Å². The van der Waals surface area contributed by atoms with E-state index in [9.17, 15) is 9.90 Å². The molecule has 1 N–H and O–H groups in total. The smallest absolute Gasteiger partial charge is 0.349 e. The quantitative estimate of drug-likeness (QED) is 0.907. The van der Waals surface area contributed by atoms with Crippen molar-refractivity contribution in [3.63, 3.8) is 0 Å². The molecule has 0 amide bonds. The number of rotatable bonds is 5. The highest BCUT2D eigenvalue weighted by Gasteiger charge is 2.22. The molecule has 0 aliphatic heterocycles. The van der Waals surface area contributed by atoms with Gasteiger partial charge in [-0.2, -0.15) is 0 Å². The molecular formula is C16H17NO3. The van der Waals surface area contributed by atoms with Gasteiger partial charge in [0.05, 0.1) is 5.69 Å². The lowest BCUT2D eigenvalue weighted by Crippen LogP contribution is -2.19. The van der Waals surface area contributed by atoms with E-state index >= 15 is 0 Å². The number of pyridine rings is 1. The molecule has 0 fully saturated rings. The van der Waals surface area contributed by atoms with Crippen molar-refractivity contribution in [1.82, 2.24) is 4.98 Å². The van der Waals surface area contributed by atoms with Crippen LogP contribution >= 0.6 is 0 Å². The maximum atomic E-state index is 11.4. The number of carboxylic acid groups (broad SMARTS) is 1. The van der Waals surface area contributed by atoms with Gasteiger partial charge < -0.3 is 9.84 Å². The van der Waals surface area contributed by atoms with Crippen LogP contribution in [-0.2, 0) is 11.2 Å². The minimum Gasteiger partial charge on any atom is -0.478 e. The molecule has 104 valence electrons. The number of hydrogen-bond donors (Lipinski definition) is 1. The van der Waals surface area contributed by atoms with Gasteiger partial charge >= 0.3 is 5.97 Å². The number of aliphatic carboxylic acids is 1. The van der Waals surface area contributed by atoms with Crippen molar-refractivity contribution >= 4 is 5.97 Å². The molecule has 4 heteroatoms. The number of aromatic nitrogens is 1. The molecule has 4 nitrogen and oxygen atoms in total. The molecule has 0 spiro atoms. The van der Waals surface area contributed by atoms with E-state index in [-0.39, 0.29) is 0 Å². The summed E-state index contributed by atoms with van der Waals surface area (Å²) in [4.78, 5) is 15.8. The molecule has 20 heavy (non-hydrogen) atoms. The lowest BCUT2D eigenvalue weighted by molar-refractivity contribution is -0.145. The monoisotopic (exact) mass is 271 g/mol. The largest absolute Gasteiger partial charge is 0.478 e. The molecule has 0 saturated carbocycles. The normalized spacial score (nSPS) is 11.9. The van der Waals surface area contributed by atoms with E-state index in [4.69, 9.17) is 4.74 Å². The van der Waals surface area contributed by atoms with Crippen molar-refractivity contribution in [1.29, 1.82) is 0 Å². The van der Waals surface area contributed by atoms with Gasteiger partial charge in [0.2, 0.25) is 6.10 Å². The van der Waals surface area contributed by atoms with Gasteiger partial charge in [0, 0.05) is 11.3 Å². The van der Waals surface area contributed by atoms with Crippen LogP contribution in [0.25, 0.3) is 0 Å². The number of hydrogen-bond acceptors (Lipinski definition) is 3. The first kappa shape index (κ1) is 14.1. The molecule has 0 saturated heterocycles. The average Bonchev–Trinajstić information content (AvgIpc) is 2.46. The molecular weight excluding hydrogens is 254 g/mol. The van der Waals surface area contributed by atoms with Crippen LogP contribution in [0.15, 0.2) is 42.5 Å². The standard InChI is InChI=1S/C16H17NO3/c1-3-13-14(10-9-11(2)17-13)20-15(16(18)19)12-7-5-4-6-8-12/h4-10,15H,3H2,1-2H3,(H,18,19). The van der Waals surface area contributed by atoms with Crippen LogP contribution in [0.2, 0.25) is 0 Å². The molecule has 2 rings (SSSR count). The van der Waals surface area contributed by atoms with Crippen LogP contribution in [0.3, 0.4) is 0 Å². The third kappa shape index (κ3) is 3.15. The van der Waals surface area contributed by atoms with Crippen LogP contribution in [-0.4, -0.2) is 16.1 Å². The Kier molecular flexibility index (Phi) is 4.35. The van der Waals surface area contributed by atoms with Crippen molar-refractivity contribution in [2.24, 2.45) is 0 Å². The van der Waals surface area contributed by atoms with Crippen LogP contribution in [0.4, 0.5) is 0 Å². The molecule has 0 radical (unpaired) electrons. The van der Waals surface area contributed by atoms with Gasteiger partial charge in [-0.3, -0.25) is 4.98 Å². The third-order valence-corrected chi connectivity index (χ3v) is 2.98. The minimum atomic E-state index is -1.02. The Balaban J connectivity index is 2.32. The number of aryl methyl sites for hydroxylation is 2. The zero-order valence-electron chi connectivity index (χ0n) is 11.5. The van der Waals surface area contributed by atoms with Gasteiger partial charge in [0.15, 0.2) is 0 Å². The van der Waals surface area contributed by atoms with Crippen molar-refractivity contribution < 1.29 is 14.6 Å². The minimum absolute atomic E-state index is 0.523. The summed E-state index contributed by atoms with van der Waals surface area (Å²) in [7, 11) is 0. The molecule has 1 unspecified atom stereocenters. The zero-order valence-corrected chi connectivity index (χ0v) is 11.5. The zero-order chi connectivity index (χ0) is 14.5. The Labute approximate surface area is 118 Å². The first-order chi connectivity index (χ1) is 9.61. The van der Waals surface area contributed by atoms with Crippen LogP contribution in [0.1, 0.15) is 30.0 Å². The second-order valence-electron chi connectivity index (χ2n) is 4.50. The van der Waals surface area contributed by atoms with E-state index < -0.39 is 12.1 Å². The number of nitrogens with zero attached hydrogens (tertiary/aromatic N) is 1. The Morgan fingerprint density at radius 1 is 1.25 bits per heavy atom. The SMILES string of the molecule is CCc1nc(C)ccc1OC(C(=O)O)c1ccccc1. The molecule has 0 aliphatic carbocycles. The molecule has 0 bridgehead atoms. The van der Waals surface area contributed by atoms with Crippen molar-refractivity contribution in [3.05, 3.63) is 59.4 Å². The summed E-state index contributed by atoms with van der Waals surface area (Å²) in [5.74, 6) is -0.492. The fourth-order valence-electron chi connectivity index (χ4n) is 1.97. The highest BCUT2D eigenvalue weighted by atomic mass is 16.5. The Morgan fingerprint density at radius 3 is 2.55 bits per heavy atom. The van der Waals surface area contributed by atoms with Crippen LogP contribution in [0.5, 0.6) is 5.75 Å². The van der Waals surface area contributed by atoms with E-state index in [1.54, 1.807) is 30.3 Å². The van der Waals surface area contributed by atoms with Gasteiger partial charge in [-0.1, -0.05) is 37.3 Å². The summed E-state index contributed by atoms with van der Waals surface area (Å²) in [6.07, 6.45) is -0.330. The van der Waals surface area contributed by atoms with E-state index in [1.165, 1.54) is 0 Å². The van der Waals surface area contributed by atoms with Crippen molar-refractivity contribution in [3.8, 4) is 5.75 Å². The Hall–Kier alpha value is -2.36. The fourth-order valence-corrected chi connectivity index (χ4v) is 1.97. The summed E-state index contributed by atoms with van der Waals surface area (Å²) in [5, 5.41) is 9.36. The summed E-state index contributed by atoms with van der Waals surface area (Å²) in [6.45, 7) is 3.86. The maximum absolute atomic E-state index is 11.4. The van der Waals surface area contributed by atoms with Gasteiger partial charge in [-0.05, 0) is 25.5 Å². The molecule has 1 aromatic carbocycles. The second-order valence-corrected chi connectivity index (χ2v) is 4.50. The van der Waals surface area contributed by atoms with Crippen molar-refractivity contribution in [2.45, 2.75) is 26.4 Å². The van der Waals surface area contributed by atoms with Crippen LogP contribution in [0, 0.1) is 6.92 Å². The average molecular weight is 271 g/mol. The number of benzene rings is 1. The Bertz CT molecular complexity index is 596. The topological polar surface area (TPSA) is 59.4 Å². The summed E-state index contributed by atoms with van der Waals surface area (Å²) in [6, 6.07) is 12.5. The van der Waals surface area contributed by atoms with Crippen LogP contribution < -0.4 is 4.74 Å². The third-order valence-electron chi connectivity index (χ3n) is 2.98. The predicted molar refractivity (Wildman–Crippen MR) is 75.8 cm³/mol. The highest BCUT2D eigenvalue weighted by molar-refractivity contribution is 5.74. The van der Waals surface area contributed by atoms with Gasteiger partial charge in [-0.25, -0.2) is 4.79 Å². The number of ether oxygens (including phenoxy) is 1. The lowest BCUT2D eigenvalue weighted by atomic mass is 10.1. The summed E-state index contributed by atoms with van der Waals surface area (Å²) < 4.78 is 5.68. The summed E-state index contributed by atoms with van der Waals surface area (Å²) in [5.41, 5.74) is 2.27.